The van der Waals surface area contributed by atoms with Crippen molar-refractivity contribution in [3.8, 4) is 0 Å². The Morgan fingerprint density at radius 2 is 1.87 bits per heavy atom. The number of amides is 1. The molecule has 0 saturated carbocycles. The van der Waals surface area contributed by atoms with Crippen LogP contribution in [0, 0.1) is 0 Å². The summed E-state index contributed by atoms with van der Waals surface area (Å²) in [4.78, 5) is 23.0. The molecule has 5 heteroatoms. The summed E-state index contributed by atoms with van der Waals surface area (Å²) in [6, 6.07) is 13.2. The second-order valence-corrected chi connectivity index (χ2v) is 5.80. The summed E-state index contributed by atoms with van der Waals surface area (Å²) in [5, 5.41) is 0. The first kappa shape index (κ1) is 13.9. The van der Waals surface area contributed by atoms with E-state index in [4.69, 9.17) is 4.42 Å². The van der Waals surface area contributed by atoms with Gasteiger partial charge in [-0.2, -0.15) is 0 Å². The molecule has 4 rings (SSSR count). The van der Waals surface area contributed by atoms with E-state index in [1.54, 1.807) is 12.3 Å². The van der Waals surface area contributed by atoms with E-state index in [0.717, 1.165) is 29.8 Å². The van der Waals surface area contributed by atoms with Gasteiger partial charge in [0.1, 0.15) is 11.2 Å². The number of hydrogen-bond acceptors (Lipinski definition) is 4. The van der Waals surface area contributed by atoms with E-state index < -0.39 is 0 Å². The van der Waals surface area contributed by atoms with E-state index in [1.165, 1.54) is 0 Å². The molecule has 0 atom stereocenters. The van der Waals surface area contributed by atoms with Crippen LogP contribution in [0.5, 0.6) is 0 Å². The number of aromatic nitrogens is 2. The minimum Gasteiger partial charge on any atom is -0.440 e. The van der Waals surface area contributed by atoms with Crippen LogP contribution in [-0.2, 0) is 0 Å². The molecule has 1 aromatic carbocycles. The zero-order valence-corrected chi connectivity index (χ0v) is 12.7. The van der Waals surface area contributed by atoms with Crippen LogP contribution in [0.15, 0.2) is 53.1 Å². The van der Waals surface area contributed by atoms with Crippen molar-refractivity contribution in [3.05, 3.63) is 60.2 Å². The first-order valence-electron chi connectivity index (χ1n) is 7.87. The summed E-state index contributed by atoms with van der Waals surface area (Å²) in [5.41, 5.74) is 2.23. The summed E-state index contributed by atoms with van der Waals surface area (Å²) < 4.78 is 5.86. The molecule has 0 radical (unpaired) electrons. The number of pyridine rings is 1. The first-order chi connectivity index (χ1) is 11.3. The lowest BCUT2D eigenvalue weighted by Crippen LogP contribution is -2.38. The lowest BCUT2D eigenvalue weighted by atomic mass is 9.96. The number of benzene rings is 1. The number of oxazole rings is 1. The van der Waals surface area contributed by atoms with Crippen molar-refractivity contribution in [2.24, 2.45) is 0 Å². The molecular weight excluding hydrogens is 290 g/mol. The molecule has 1 fully saturated rings. The van der Waals surface area contributed by atoms with E-state index in [-0.39, 0.29) is 11.8 Å². The second-order valence-electron chi connectivity index (χ2n) is 5.80. The third-order valence-electron chi connectivity index (χ3n) is 4.33. The summed E-state index contributed by atoms with van der Waals surface area (Å²) in [6.45, 7) is 1.41. The van der Waals surface area contributed by atoms with Crippen molar-refractivity contribution in [1.29, 1.82) is 0 Å². The number of nitrogens with zero attached hydrogens (tertiary/aromatic N) is 3. The number of carbonyl (C=O) groups is 1. The molecule has 0 bridgehead atoms. The average molecular weight is 307 g/mol. The van der Waals surface area contributed by atoms with Gasteiger partial charge in [-0.1, -0.05) is 18.2 Å². The quantitative estimate of drug-likeness (QED) is 0.729. The first-order valence-corrected chi connectivity index (χ1v) is 7.87. The number of likely N-dealkylation sites (tertiary alicyclic amines) is 1. The summed E-state index contributed by atoms with van der Waals surface area (Å²) in [7, 11) is 0. The maximum absolute atomic E-state index is 12.4. The highest BCUT2D eigenvalue weighted by atomic mass is 16.3. The Hall–Kier alpha value is -2.69. The van der Waals surface area contributed by atoms with Gasteiger partial charge in [0, 0.05) is 25.2 Å². The number of fused-ring (bicyclic) bond motifs is 1. The van der Waals surface area contributed by atoms with Gasteiger partial charge < -0.3 is 9.32 Å². The molecule has 5 nitrogen and oxygen atoms in total. The van der Waals surface area contributed by atoms with Gasteiger partial charge in [-0.05, 0) is 37.1 Å². The van der Waals surface area contributed by atoms with Gasteiger partial charge in [-0.25, -0.2) is 4.98 Å². The van der Waals surface area contributed by atoms with E-state index in [0.29, 0.717) is 18.8 Å². The minimum atomic E-state index is 0.00150. The second kappa shape index (κ2) is 5.83. The maximum Gasteiger partial charge on any atom is 0.272 e. The lowest BCUT2D eigenvalue weighted by Gasteiger charge is -2.30. The molecule has 0 unspecified atom stereocenters. The Kier molecular flexibility index (Phi) is 3.54. The minimum absolute atomic E-state index is 0.00150. The van der Waals surface area contributed by atoms with Gasteiger partial charge >= 0.3 is 0 Å². The fraction of sp³-hybridized carbons (Fsp3) is 0.278. The zero-order valence-electron chi connectivity index (χ0n) is 12.7. The standard InChI is InChI=1S/C18H17N3O2/c22-18(15-6-3-4-10-19-15)21-11-8-13(9-12-21)17-20-14-5-1-2-7-16(14)23-17/h1-7,10,13H,8-9,11-12H2. The number of para-hydroxylation sites is 2. The average Bonchev–Trinajstić information content (AvgIpc) is 3.06. The van der Waals surface area contributed by atoms with Crippen molar-refractivity contribution in [2.45, 2.75) is 18.8 Å². The highest BCUT2D eigenvalue weighted by Gasteiger charge is 2.27. The molecule has 1 saturated heterocycles. The molecule has 116 valence electrons. The molecule has 3 aromatic rings. The SMILES string of the molecule is O=C(c1ccccn1)N1CCC(c2nc3ccccc3o2)CC1. The van der Waals surface area contributed by atoms with Gasteiger partial charge in [0.2, 0.25) is 0 Å². The van der Waals surface area contributed by atoms with Crippen molar-refractivity contribution >= 4 is 17.0 Å². The van der Waals surface area contributed by atoms with E-state index in [2.05, 4.69) is 9.97 Å². The highest BCUT2D eigenvalue weighted by Crippen LogP contribution is 2.30. The zero-order chi connectivity index (χ0) is 15.6. The molecule has 1 aliphatic rings. The fourth-order valence-corrected chi connectivity index (χ4v) is 3.05. The molecule has 3 heterocycles. The predicted molar refractivity (Wildman–Crippen MR) is 86.1 cm³/mol. The maximum atomic E-state index is 12.4. The van der Waals surface area contributed by atoms with Gasteiger partial charge in [0.15, 0.2) is 11.5 Å². The van der Waals surface area contributed by atoms with E-state index in [9.17, 15) is 4.79 Å². The summed E-state index contributed by atoms with van der Waals surface area (Å²) in [6.07, 6.45) is 3.38. The van der Waals surface area contributed by atoms with Gasteiger partial charge in [-0.15, -0.1) is 0 Å². The molecule has 23 heavy (non-hydrogen) atoms. The molecule has 1 amide bonds. The highest BCUT2D eigenvalue weighted by molar-refractivity contribution is 5.92. The van der Waals surface area contributed by atoms with Crippen LogP contribution in [0.25, 0.3) is 11.1 Å². The number of rotatable bonds is 2. The summed E-state index contributed by atoms with van der Waals surface area (Å²) in [5.74, 6) is 1.06. The van der Waals surface area contributed by atoms with Gasteiger partial charge in [-0.3, -0.25) is 9.78 Å². The monoisotopic (exact) mass is 307 g/mol. The Morgan fingerprint density at radius 3 is 2.61 bits per heavy atom. The predicted octanol–water partition coefficient (Wildman–Crippen LogP) is 3.24. The lowest BCUT2D eigenvalue weighted by molar-refractivity contribution is 0.0701. The van der Waals surface area contributed by atoms with Crippen LogP contribution in [0.1, 0.15) is 35.1 Å². The topological polar surface area (TPSA) is 59.2 Å². The van der Waals surface area contributed by atoms with Crippen LogP contribution in [-0.4, -0.2) is 33.9 Å². The molecule has 1 aliphatic heterocycles. The van der Waals surface area contributed by atoms with Gasteiger partial charge in [0.25, 0.3) is 5.91 Å². The van der Waals surface area contributed by atoms with Crippen LogP contribution < -0.4 is 0 Å². The normalized spacial score (nSPS) is 15.9. The molecule has 0 spiro atoms. The fourth-order valence-electron chi connectivity index (χ4n) is 3.05. The largest absolute Gasteiger partial charge is 0.440 e. The molecule has 0 N–H and O–H groups in total. The number of piperidine rings is 1. The van der Waals surface area contributed by atoms with Crippen molar-refractivity contribution < 1.29 is 9.21 Å². The van der Waals surface area contributed by atoms with Crippen LogP contribution in [0.2, 0.25) is 0 Å². The van der Waals surface area contributed by atoms with Gasteiger partial charge in [0.05, 0.1) is 0 Å². The number of hydrogen-bond donors (Lipinski definition) is 0. The molecular formula is C18H17N3O2. The Labute approximate surface area is 134 Å². The number of carbonyl (C=O) groups excluding carboxylic acids is 1. The van der Waals surface area contributed by atoms with E-state index in [1.807, 2.05) is 41.3 Å². The van der Waals surface area contributed by atoms with Crippen LogP contribution >= 0.6 is 0 Å². The third-order valence-corrected chi connectivity index (χ3v) is 4.33. The molecule has 2 aromatic heterocycles. The Morgan fingerprint density at radius 1 is 1.09 bits per heavy atom. The smallest absolute Gasteiger partial charge is 0.272 e. The van der Waals surface area contributed by atoms with Crippen LogP contribution in [0.4, 0.5) is 0 Å². The van der Waals surface area contributed by atoms with Crippen LogP contribution in [0.3, 0.4) is 0 Å². The third kappa shape index (κ3) is 2.70. The Bertz CT molecular complexity index is 787. The molecule has 0 aliphatic carbocycles. The Balaban J connectivity index is 1.45. The van der Waals surface area contributed by atoms with Crippen molar-refractivity contribution in [2.75, 3.05) is 13.1 Å². The van der Waals surface area contributed by atoms with E-state index >= 15 is 0 Å². The summed E-state index contributed by atoms with van der Waals surface area (Å²) >= 11 is 0. The van der Waals surface area contributed by atoms with Crippen molar-refractivity contribution in [1.82, 2.24) is 14.9 Å². The van der Waals surface area contributed by atoms with Crippen molar-refractivity contribution in [3.63, 3.8) is 0 Å².